The molecule has 152 valence electrons. The number of thiophene rings is 1. The van der Waals surface area contributed by atoms with Crippen molar-refractivity contribution in [2.24, 2.45) is 7.05 Å². The lowest BCUT2D eigenvalue weighted by atomic mass is 10.2. The van der Waals surface area contributed by atoms with E-state index in [1.54, 1.807) is 25.1 Å². The average molecular weight is 451 g/mol. The van der Waals surface area contributed by atoms with Crippen molar-refractivity contribution < 1.29 is 14.3 Å². The summed E-state index contributed by atoms with van der Waals surface area (Å²) in [6, 6.07) is 9.08. The van der Waals surface area contributed by atoms with E-state index in [0.717, 1.165) is 11.1 Å². The van der Waals surface area contributed by atoms with Gasteiger partial charge in [0.25, 0.3) is 0 Å². The third-order valence-corrected chi connectivity index (χ3v) is 6.32. The number of amides is 1. The highest BCUT2D eigenvalue weighted by molar-refractivity contribution is 7.99. The van der Waals surface area contributed by atoms with E-state index in [9.17, 15) is 9.59 Å². The molecule has 3 rings (SSSR count). The van der Waals surface area contributed by atoms with Crippen molar-refractivity contribution in [3.8, 4) is 11.4 Å². The Balaban J connectivity index is 1.61. The fourth-order valence-corrected chi connectivity index (χ4v) is 4.36. The SMILES string of the molecule is CCOC(=O)c1sc(NC(=O)CSc2nnc(-c3ccc(Cl)cc3)n2C)cc1C. The standard InChI is InChI=1S/C19H19ClN4O3S2/c1-4-27-18(26)16-11(2)9-15(29-16)21-14(25)10-28-19-23-22-17(24(19)3)12-5-7-13(20)8-6-12/h5-9H,4,10H2,1-3H3,(H,21,25). The molecular formula is C19H19ClN4O3S2. The van der Waals surface area contributed by atoms with Crippen molar-refractivity contribution in [2.75, 3.05) is 17.7 Å². The van der Waals surface area contributed by atoms with E-state index in [2.05, 4.69) is 15.5 Å². The minimum absolute atomic E-state index is 0.165. The first-order chi connectivity index (χ1) is 13.9. The van der Waals surface area contributed by atoms with Crippen LogP contribution in [0.25, 0.3) is 11.4 Å². The van der Waals surface area contributed by atoms with E-state index in [-0.39, 0.29) is 17.6 Å². The first-order valence-electron chi connectivity index (χ1n) is 8.74. The molecule has 0 atom stereocenters. The summed E-state index contributed by atoms with van der Waals surface area (Å²) in [5.74, 6) is 0.289. The van der Waals surface area contributed by atoms with Crippen molar-refractivity contribution in [3.63, 3.8) is 0 Å². The van der Waals surface area contributed by atoms with Crippen molar-refractivity contribution in [2.45, 2.75) is 19.0 Å². The zero-order chi connectivity index (χ0) is 21.0. The van der Waals surface area contributed by atoms with Gasteiger partial charge < -0.3 is 14.6 Å². The Bertz CT molecular complexity index is 1030. The van der Waals surface area contributed by atoms with Crippen LogP contribution in [0.1, 0.15) is 22.2 Å². The maximum atomic E-state index is 12.3. The summed E-state index contributed by atoms with van der Waals surface area (Å²) >= 11 is 8.41. The minimum Gasteiger partial charge on any atom is -0.462 e. The van der Waals surface area contributed by atoms with Crippen molar-refractivity contribution in [1.82, 2.24) is 14.8 Å². The smallest absolute Gasteiger partial charge is 0.348 e. The Kier molecular flexibility index (Phi) is 6.94. The van der Waals surface area contributed by atoms with Gasteiger partial charge in [0.05, 0.1) is 17.4 Å². The molecule has 7 nitrogen and oxygen atoms in total. The van der Waals surface area contributed by atoms with E-state index in [4.69, 9.17) is 16.3 Å². The molecule has 2 aromatic heterocycles. The van der Waals surface area contributed by atoms with Gasteiger partial charge in [-0.1, -0.05) is 23.4 Å². The van der Waals surface area contributed by atoms with E-state index >= 15 is 0 Å². The second-order valence-electron chi connectivity index (χ2n) is 6.05. The fraction of sp³-hybridized carbons (Fsp3) is 0.263. The Morgan fingerprint density at radius 3 is 2.69 bits per heavy atom. The fourth-order valence-electron chi connectivity index (χ4n) is 2.54. The summed E-state index contributed by atoms with van der Waals surface area (Å²) in [7, 11) is 1.85. The molecule has 0 aliphatic heterocycles. The summed E-state index contributed by atoms with van der Waals surface area (Å²) in [5.41, 5.74) is 1.67. The largest absolute Gasteiger partial charge is 0.462 e. The number of hydrogen-bond acceptors (Lipinski definition) is 7. The Morgan fingerprint density at radius 2 is 2.00 bits per heavy atom. The van der Waals surface area contributed by atoms with Gasteiger partial charge in [-0.3, -0.25) is 4.79 Å². The van der Waals surface area contributed by atoms with Crippen LogP contribution in [0.2, 0.25) is 5.02 Å². The number of nitrogens with one attached hydrogen (secondary N) is 1. The van der Waals surface area contributed by atoms with Crippen molar-refractivity contribution in [1.29, 1.82) is 0 Å². The third-order valence-electron chi connectivity index (χ3n) is 3.91. The van der Waals surface area contributed by atoms with E-state index < -0.39 is 0 Å². The van der Waals surface area contributed by atoms with Crippen molar-refractivity contribution in [3.05, 3.63) is 45.8 Å². The zero-order valence-corrected chi connectivity index (χ0v) is 18.5. The number of nitrogens with zero attached hydrogens (tertiary/aromatic N) is 3. The average Bonchev–Trinajstić information content (AvgIpc) is 3.23. The number of aryl methyl sites for hydroxylation is 1. The van der Waals surface area contributed by atoms with Crippen LogP contribution in [-0.2, 0) is 16.6 Å². The van der Waals surface area contributed by atoms with Gasteiger partial charge in [0.2, 0.25) is 5.91 Å². The normalized spacial score (nSPS) is 10.8. The lowest BCUT2D eigenvalue weighted by molar-refractivity contribution is -0.113. The number of halogens is 1. The number of esters is 1. The maximum Gasteiger partial charge on any atom is 0.348 e. The van der Waals surface area contributed by atoms with Crippen molar-refractivity contribution >= 4 is 51.6 Å². The molecule has 0 spiro atoms. The van der Waals surface area contributed by atoms with Gasteiger partial charge in [-0.2, -0.15) is 0 Å². The molecule has 0 aliphatic carbocycles. The number of carbonyl (C=O) groups is 2. The summed E-state index contributed by atoms with van der Waals surface area (Å²) in [6.45, 7) is 3.88. The van der Waals surface area contributed by atoms with Gasteiger partial charge in [0.1, 0.15) is 4.88 Å². The van der Waals surface area contributed by atoms with Gasteiger partial charge in [-0.05, 0) is 49.7 Å². The molecule has 0 radical (unpaired) electrons. The lowest BCUT2D eigenvalue weighted by Gasteiger charge is -2.04. The molecule has 1 aromatic carbocycles. The Labute approximate surface area is 181 Å². The van der Waals surface area contributed by atoms with Gasteiger partial charge in [0.15, 0.2) is 11.0 Å². The molecule has 10 heteroatoms. The van der Waals surface area contributed by atoms with E-state index in [1.165, 1.54) is 23.1 Å². The van der Waals surface area contributed by atoms with Gasteiger partial charge in [-0.15, -0.1) is 21.5 Å². The Hall–Kier alpha value is -2.36. The van der Waals surface area contributed by atoms with E-state index in [1.807, 2.05) is 30.7 Å². The Morgan fingerprint density at radius 1 is 1.28 bits per heavy atom. The highest BCUT2D eigenvalue weighted by Crippen LogP contribution is 2.28. The number of rotatable bonds is 7. The third kappa shape index (κ3) is 5.17. The highest BCUT2D eigenvalue weighted by Gasteiger charge is 2.17. The molecule has 29 heavy (non-hydrogen) atoms. The number of hydrogen-bond donors (Lipinski definition) is 1. The monoisotopic (exact) mass is 450 g/mol. The van der Waals surface area contributed by atoms with Gasteiger partial charge in [-0.25, -0.2) is 4.79 Å². The number of thioether (sulfide) groups is 1. The first-order valence-corrected chi connectivity index (χ1v) is 10.9. The minimum atomic E-state index is -0.376. The molecule has 0 fully saturated rings. The quantitative estimate of drug-likeness (QED) is 0.423. The highest BCUT2D eigenvalue weighted by atomic mass is 35.5. The van der Waals surface area contributed by atoms with Crippen LogP contribution in [-0.4, -0.2) is 39.0 Å². The van der Waals surface area contributed by atoms with Crippen LogP contribution in [0.15, 0.2) is 35.5 Å². The van der Waals surface area contributed by atoms with Gasteiger partial charge in [0, 0.05) is 17.6 Å². The van der Waals surface area contributed by atoms with Crippen LogP contribution in [0, 0.1) is 6.92 Å². The predicted octanol–water partition coefficient (Wildman–Crippen LogP) is 4.41. The molecule has 3 aromatic rings. The molecule has 1 amide bonds. The second kappa shape index (κ2) is 9.43. The lowest BCUT2D eigenvalue weighted by Crippen LogP contribution is -2.13. The molecule has 0 saturated heterocycles. The molecular weight excluding hydrogens is 432 g/mol. The first kappa shape index (κ1) is 21.4. The number of anilines is 1. The van der Waals surface area contributed by atoms with Crippen LogP contribution in [0.4, 0.5) is 5.00 Å². The summed E-state index contributed by atoms with van der Waals surface area (Å²) in [5, 5.41) is 13.1. The number of benzene rings is 1. The molecule has 2 heterocycles. The topological polar surface area (TPSA) is 86.1 Å². The maximum absolute atomic E-state index is 12.3. The summed E-state index contributed by atoms with van der Waals surface area (Å²) in [4.78, 5) is 24.7. The summed E-state index contributed by atoms with van der Waals surface area (Å²) in [6.07, 6.45) is 0. The van der Waals surface area contributed by atoms with Crippen LogP contribution in [0.5, 0.6) is 0 Å². The molecule has 1 N–H and O–H groups in total. The van der Waals surface area contributed by atoms with E-state index in [0.29, 0.717) is 32.5 Å². The molecule has 0 unspecified atom stereocenters. The zero-order valence-electron chi connectivity index (χ0n) is 16.1. The molecule has 0 aliphatic rings. The predicted molar refractivity (Wildman–Crippen MR) is 116 cm³/mol. The van der Waals surface area contributed by atoms with Crippen LogP contribution in [0.3, 0.4) is 0 Å². The van der Waals surface area contributed by atoms with Crippen LogP contribution < -0.4 is 5.32 Å². The second-order valence-corrected chi connectivity index (χ2v) is 8.48. The molecule has 0 bridgehead atoms. The summed E-state index contributed by atoms with van der Waals surface area (Å²) < 4.78 is 6.85. The van der Waals surface area contributed by atoms with Crippen LogP contribution >= 0.6 is 34.7 Å². The number of ether oxygens (including phenoxy) is 1. The van der Waals surface area contributed by atoms with Gasteiger partial charge >= 0.3 is 5.97 Å². The number of carbonyl (C=O) groups excluding carboxylic acids is 2. The molecule has 0 saturated carbocycles. The number of aromatic nitrogens is 3.